The molecule has 4 fully saturated rings. The van der Waals surface area contributed by atoms with Gasteiger partial charge in [0, 0.05) is 57.0 Å². The van der Waals surface area contributed by atoms with E-state index in [0.717, 1.165) is 61.6 Å². The number of amides is 5. The number of carbonyl (C=O) groups is 5. The van der Waals surface area contributed by atoms with E-state index in [2.05, 4.69) is 39.7 Å². The summed E-state index contributed by atoms with van der Waals surface area (Å²) in [5, 5.41) is 9.24. The molecule has 60 heavy (non-hydrogen) atoms. The summed E-state index contributed by atoms with van der Waals surface area (Å²) in [6.45, 7) is 9.02. The summed E-state index contributed by atoms with van der Waals surface area (Å²) in [6, 6.07) is 11.8. The topological polar surface area (TPSA) is 192 Å². The van der Waals surface area contributed by atoms with Crippen molar-refractivity contribution in [1.29, 1.82) is 5.26 Å². The quantitative estimate of drug-likeness (QED) is 0.246. The lowest BCUT2D eigenvalue weighted by atomic mass is 9.85. The van der Waals surface area contributed by atoms with Gasteiger partial charge in [0.05, 0.1) is 41.3 Å². The number of fused-ring (bicyclic) bond motifs is 1. The van der Waals surface area contributed by atoms with Gasteiger partial charge in [-0.05, 0) is 114 Å². The van der Waals surface area contributed by atoms with Gasteiger partial charge in [-0.15, -0.1) is 0 Å². The molecule has 0 bridgehead atoms. The van der Waals surface area contributed by atoms with Gasteiger partial charge in [-0.1, -0.05) is 0 Å². The largest absolute Gasteiger partial charge is 0.490 e. The Labute approximate surface area is 349 Å². The smallest absolute Gasteiger partial charge is 0.268 e. The van der Waals surface area contributed by atoms with Gasteiger partial charge in [0.25, 0.3) is 23.6 Å². The maximum absolute atomic E-state index is 14.0. The maximum atomic E-state index is 14.0. The second kappa shape index (κ2) is 17.0. The van der Waals surface area contributed by atoms with E-state index in [1.54, 1.807) is 36.5 Å². The third kappa shape index (κ3) is 8.17. The number of nitrogens with zero attached hydrogens (tertiary/aromatic N) is 7. The molecule has 2 aromatic carbocycles. The van der Waals surface area contributed by atoms with Gasteiger partial charge in [0.2, 0.25) is 5.91 Å². The number of nitrogens with two attached hydrogens (primary N) is 1. The summed E-state index contributed by atoms with van der Waals surface area (Å²) >= 11 is 0. The number of hydrogen-bond donors (Lipinski definition) is 1. The minimum absolute atomic E-state index is 0.0328. The van der Waals surface area contributed by atoms with E-state index in [1.165, 1.54) is 11.1 Å². The van der Waals surface area contributed by atoms with E-state index in [9.17, 15) is 29.2 Å². The minimum atomic E-state index is -1.06. The van der Waals surface area contributed by atoms with Crippen LogP contribution in [0.25, 0.3) is 0 Å². The van der Waals surface area contributed by atoms with Crippen molar-refractivity contribution in [2.45, 2.75) is 121 Å². The number of imide groups is 2. The molecule has 2 saturated heterocycles. The minimum Gasteiger partial charge on any atom is -0.490 e. The summed E-state index contributed by atoms with van der Waals surface area (Å²) in [6.07, 6.45) is 9.17. The van der Waals surface area contributed by atoms with Crippen LogP contribution in [0.15, 0.2) is 48.8 Å². The van der Waals surface area contributed by atoms with Crippen LogP contribution in [0.5, 0.6) is 11.5 Å². The Morgan fingerprint density at radius 2 is 1.55 bits per heavy atom. The molecular formula is C45H52N8O7. The number of piperidine rings is 2. The van der Waals surface area contributed by atoms with Crippen LogP contribution in [-0.4, -0.2) is 110 Å². The van der Waals surface area contributed by atoms with Crippen LogP contribution in [0, 0.1) is 24.2 Å². The number of aromatic nitrogens is 2. The van der Waals surface area contributed by atoms with Crippen LogP contribution in [0.1, 0.15) is 120 Å². The Bertz CT molecular complexity index is 2200. The highest BCUT2D eigenvalue weighted by molar-refractivity contribution is 6.23. The monoisotopic (exact) mass is 816 g/mol. The normalized spacial score (nSPS) is 24.7. The molecule has 2 saturated carbocycles. The van der Waals surface area contributed by atoms with Crippen LogP contribution in [-0.2, 0) is 9.59 Å². The van der Waals surface area contributed by atoms with Crippen LogP contribution in [0.4, 0.5) is 5.82 Å². The number of anilines is 1. The van der Waals surface area contributed by atoms with Crippen molar-refractivity contribution < 1.29 is 33.4 Å². The molecule has 5 aliphatic rings. The molecule has 3 aliphatic heterocycles. The molecule has 0 spiro atoms. The second-order valence-corrected chi connectivity index (χ2v) is 17.2. The average Bonchev–Trinajstić information content (AvgIpc) is 3.47. The fraction of sp³-hybridized carbons (Fsp3) is 0.511. The number of likely N-dealkylation sites (tertiary alicyclic amines) is 1. The molecule has 314 valence electrons. The Morgan fingerprint density at radius 1 is 0.867 bits per heavy atom. The van der Waals surface area contributed by atoms with Gasteiger partial charge in [-0.25, -0.2) is 9.97 Å². The molecule has 15 heteroatoms. The van der Waals surface area contributed by atoms with Gasteiger partial charge in [-0.3, -0.25) is 38.7 Å². The lowest BCUT2D eigenvalue weighted by Crippen LogP contribution is -2.59. The van der Waals surface area contributed by atoms with Crippen LogP contribution in [0.2, 0.25) is 0 Å². The van der Waals surface area contributed by atoms with Gasteiger partial charge < -0.3 is 20.1 Å². The van der Waals surface area contributed by atoms with Crippen molar-refractivity contribution in [3.63, 3.8) is 0 Å². The van der Waals surface area contributed by atoms with Crippen molar-refractivity contribution in [3.05, 3.63) is 76.7 Å². The molecule has 1 unspecified atom stereocenters. The molecule has 2 N–H and O–H groups in total. The fourth-order valence-corrected chi connectivity index (χ4v) is 9.59. The fourth-order valence-electron chi connectivity index (χ4n) is 9.59. The first-order valence-corrected chi connectivity index (χ1v) is 21.2. The number of hydrogen-bond acceptors (Lipinski definition) is 12. The Kier molecular flexibility index (Phi) is 11.6. The van der Waals surface area contributed by atoms with Crippen molar-refractivity contribution in [2.24, 2.45) is 11.7 Å². The predicted molar refractivity (Wildman–Crippen MR) is 219 cm³/mol. The van der Waals surface area contributed by atoms with Gasteiger partial charge in [0.15, 0.2) is 0 Å². The van der Waals surface area contributed by atoms with E-state index < -0.39 is 29.7 Å². The highest BCUT2D eigenvalue weighted by atomic mass is 16.5. The molecule has 5 amide bonds. The zero-order chi connectivity index (χ0) is 42.2. The number of benzene rings is 2. The number of aryl methyl sites for hydroxylation is 1. The maximum Gasteiger partial charge on any atom is 0.268 e. The number of ether oxygens (including phenoxy) is 2. The molecule has 8 rings (SSSR count). The number of primary amides is 1. The predicted octanol–water partition coefficient (Wildman–Crippen LogP) is 4.80. The summed E-state index contributed by atoms with van der Waals surface area (Å²) in [5.74, 6) is 0.0323. The molecule has 1 aromatic heterocycles. The van der Waals surface area contributed by atoms with Crippen LogP contribution >= 0.6 is 0 Å². The van der Waals surface area contributed by atoms with E-state index in [1.807, 2.05) is 13.0 Å². The molecule has 15 nitrogen and oxygen atoms in total. The van der Waals surface area contributed by atoms with Crippen molar-refractivity contribution >= 4 is 35.4 Å². The Morgan fingerprint density at radius 3 is 2.20 bits per heavy atom. The molecule has 1 atom stereocenters. The Balaban J connectivity index is 0.832. The lowest BCUT2D eigenvalue weighted by molar-refractivity contribution is -0.155. The lowest BCUT2D eigenvalue weighted by Gasteiger charge is -2.46. The second-order valence-electron chi connectivity index (χ2n) is 17.2. The third-order valence-electron chi connectivity index (χ3n) is 13.1. The molecule has 0 radical (unpaired) electrons. The first-order chi connectivity index (χ1) is 28.9. The van der Waals surface area contributed by atoms with E-state index >= 15 is 0 Å². The highest BCUT2D eigenvalue weighted by Gasteiger charge is 2.49. The SMILES string of the molecule is Cc1cc(OC2CCC(N3C(=O)CCC(N4C(=O)c5ccc(OC6CC(N(CC7CCN(c8cnc(C(N)=O)cn8)CC7)C(C)C)C6)cc5C4=O)C3=O)CC2)ccc1C#N. The average molecular weight is 817 g/mol. The zero-order valence-corrected chi connectivity index (χ0v) is 34.4. The summed E-state index contributed by atoms with van der Waals surface area (Å²) in [7, 11) is 0. The number of nitriles is 1. The molecule has 3 aromatic rings. The van der Waals surface area contributed by atoms with Gasteiger partial charge in [0.1, 0.15) is 35.2 Å². The molecule has 2 aliphatic carbocycles. The van der Waals surface area contributed by atoms with Crippen LogP contribution < -0.4 is 20.1 Å². The Hall–Kier alpha value is -5.88. The van der Waals surface area contributed by atoms with Crippen molar-refractivity contribution in [1.82, 2.24) is 24.7 Å². The number of carbonyl (C=O) groups excluding carboxylic acids is 5. The zero-order valence-electron chi connectivity index (χ0n) is 34.4. The molecule has 4 heterocycles. The summed E-state index contributed by atoms with van der Waals surface area (Å²) < 4.78 is 12.6. The summed E-state index contributed by atoms with van der Waals surface area (Å²) in [5.41, 5.74) is 7.34. The van der Waals surface area contributed by atoms with E-state index in [0.29, 0.717) is 60.7 Å². The van der Waals surface area contributed by atoms with Gasteiger partial charge in [-0.2, -0.15) is 5.26 Å². The summed E-state index contributed by atoms with van der Waals surface area (Å²) in [4.78, 5) is 81.8. The van der Waals surface area contributed by atoms with Crippen LogP contribution in [0.3, 0.4) is 0 Å². The standard InChI is InChI=1S/C45H52N8O7/c1-26(2)51(25-28-14-16-50(17-15-28)40-24-48-38(23-49-40)42(47)55)31-19-35(20-31)60-34-10-11-36-37(21-34)44(57)53(43(36)56)39-12-13-41(54)52(45(39)58)30-5-8-32(9-6-30)59-33-7-4-29(22-46)27(3)18-33/h4,7,10-11,18,21,23-24,26,28,30-32,35,39H,5-6,8-9,12-17,19-20,25H2,1-3H3,(H2,47,55). The van der Waals surface area contributed by atoms with Crippen molar-refractivity contribution in [2.75, 3.05) is 24.5 Å². The molecular weight excluding hydrogens is 765 g/mol. The van der Waals surface area contributed by atoms with Crippen molar-refractivity contribution in [3.8, 4) is 17.6 Å². The highest BCUT2D eigenvalue weighted by Crippen LogP contribution is 2.37. The first kappa shape index (κ1) is 40.9. The third-order valence-corrected chi connectivity index (χ3v) is 13.1. The number of rotatable bonds is 12. The van der Waals surface area contributed by atoms with E-state index in [-0.39, 0.29) is 53.8 Å². The van der Waals surface area contributed by atoms with Gasteiger partial charge >= 0.3 is 0 Å². The first-order valence-electron chi connectivity index (χ1n) is 21.2. The van der Waals surface area contributed by atoms with E-state index in [4.69, 9.17) is 15.2 Å².